The van der Waals surface area contributed by atoms with E-state index in [1.165, 1.54) is 0 Å². The number of fused-ring (bicyclic) bond motifs is 2. The summed E-state index contributed by atoms with van der Waals surface area (Å²) in [6.07, 6.45) is 2.04. The molecule has 0 saturated heterocycles. The second-order valence-electron chi connectivity index (χ2n) is 8.11. The lowest BCUT2D eigenvalue weighted by molar-refractivity contribution is 0.0983. The highest BCUT2D eigenvalue weighted by molar-refractivity contribution is 6.08. The van der Waals surface area contributed by atoms with Crippen LogP contribution in [0.4, 0.5) is 11.4 Å². The average molecular weight is 452 g/mol. The van der Waals surface area contributed by atoms with Crippen molar-refractivity contribution in [1.82, 2.24) is 4.57 Å². The Bertz CT molecular complexity index is 1340. The van der Waals surface area contributed by atoms with Crippen LogP contribution >= 0.6 is 0 Å². The van der Waals surface area contributed by atoms with Crippen LogP contribution in [0.15, 0.2) is 91.1 Å². The summed E-state index contributed by atoms with van der Waals surface area (Å²) in [6.45, 7) is 3.59. The third kappa shape index (κ3) is 4.18. The minimum Gasteiger partial charge on any atom is -0.493 e. The molecule has 2 amide bonds. The molecule has 4 aromatic rings. The molecule has 1 aliphatic rings. The molecule has 2 heterocycles. The molecule has 0 spiro atoms. The zero-order valence-electron chi connectivity index (χ0n) is 18.9. The van der Waals surface area contributed by atoms with Gasteiger partial charge in [-0.25, -0.2) is 0 Å². The van der Waals surface area contributed by atoms with Crippen LogP contribution in [0.1, 0.15) is 38.9 Å². The number of nitrogens with zero attached hydrogens (tertiary/aromatic N) is 2. The lowest BCUT2D eigenvalue weighted by atomic mass is 10.1. The average Bonchev–Trinajstić information content (AvgIpc) is 3.23. The van der Waals surface area contributed by atoms with Gasteiger partial charge in [0.2, 0.25) is 0 Å². The van der Waals surface area contributed by atoms with E-state index in [4.69, 9.17) is 4.74 Å². The van der Waals surface area contributed by atoms with Crippen LogP contribution in [0.3, 0.4) is 0 Å². The minimum absolute atomic E-state index is 0.0818. The van der Waals surface area contributed by atoms with Crippen molar-refractivity contribution >= 4 is 23.2 Å². The van der Waals surface area contributed by atoms with Gasteiger partial charge in [0.05, 0.1) is 18.7 Å². The molecule has 3 aromatic carbocycles. The third-order valence-corrected chi connectivity index (χ3v) is 5.93. The maximum atomic E-state index is 13.5. The largest absolute Gasteiger partial charge is 0.493 e. The predicted octanol–water partition coefficient (Wildman–Crippen LogP) is 5.35. The van der Waals surface area contributed by atoms with Crippen molar-refractivity contribution in [2.75, 3.05) is 16.8 Å². The zero-order valence-corrected chi connectivity index (χ0v) is 18.9. The number of rotatable bonds is 5. The fourth-order valence-corrected chi connectivity index (χ4v) is 4.25. The van der Waals surface area contributed by atoms with Gasteiger partial charge in [0.25, 0.3) is 11.8 Å². The number of aromatic nitrogens is 1. The second kappa shape index (κ2) is 9.27. The Kier molecular flexibility index (Phi) is 5.87. The normalized spacial score (nSPS) is 12.3. The monoisotopic (exact) mass is 451 g/mol. The molecule has 6 nitrogen and oxygen atoms in total. The first-order chi connectivity index (χ1) is 16.6. The smallest absolute Gasteiger partial charge is 0.259 e. The molecule has 0 radical (unpaired) electrons. The minimum atomic E-state index is -0.259. The van der Waals surface area contributed by atoms with Crippen LogP contribution in [0.2, 0.25) is 0 Å². The molecule has 0 saturated carbocycles. The second-order valence-corrected chi connectivity index (χ2v) is 8.11. The molecule has 1 aromatic heterocycles. The van der Waals surface area contributed by atoms with Gasteiger partial charge in [0, 0.05) is 35.4 Å². The quantitative estimate of drug-likeness (QED) is 0.445. The summed E-state index contributed by atoms with van der Waals surface area (Å²) in [7, 11) is 0. The maximum absolute atomic E-state index is 13.5. The van der Waals surface area contributed by atoms with E-state index in [2.05, 4.69) is 16.0 Å². The van der Waals surface area contributed by atoms with Crippen LogP contribution in [0.5, 0.6) is 5.75 Å². The molecule has 1 N–H and O–H groups in total. The molecule has 1 aliphatic heterocycles. The Labute approximate surface area is 198 Å². The number of hydrogen-bond donors (Lipinski definition) is 1. The molecule has 0 bridgehead atoms. The highest BCUT2D eigenvalue weighted by Gasteiger charge is 2.24. The first-order valence-electron chi connectivity index (χ1n) is 11.3. The number of para-hydroxylation sites is 2. The van der Waals surface area contributed by atoms with Gasteiger partial charge >= 0.3 is 0 Å². The molecule has 0 aliphatic carbocycles. The van der Waals surface area contributed by atoms with E-state index in [-0.39, 0.29) is 11.8 Å². The summed E-state index contributed by atoms with van der Waals surface area (Å²) >= 11 is 0. The van der Waals surface area contributed by atoms with Gasteiger partial charge in [-0.3, -0.25) is 9.59 Å². The Balaban J connectivity index is 1.37. The van der Waals surface area contributed by atoms with E-state index in [0.717, 1.165) is 23.5 Å². The van der Waals surface area contributed by atoms with Crippen molar-refractivity contribution < 1.29 is 14.3 Å². The van der Waals surface area contributed by atoms with Crippen molar-refractivity contribution in [1.29, 1.82) is 0 Å². The van der Waals surface area contributed by atoms with Crippen molar-refractivity contribution in [3.8, 4) is 5.75 Å². The molecule has 0 fully saturated rings. The van der Waals surface area contributed by atoms with Gasteiger partial charge in [-0.15, -0.1) is 0 Å². The van der Waals surface area contributed by atoms with Crippen molar-refractivity contribution in [2.24, 2.45) is 0 Å². The summed E-state index contributed by atoms with van der Waals surface area (Å²) in [5.41, 5.74) is 4.74. The van der Waals surface area contributed by atoms with Crippen LogP contribution < -0.4 is 15.0 Å². The first kappa shape index (κ1) is 21.5. The molecular formula is C28H25N3O3. The number of benzene rings is 3. The van der Waals surface area contributed by atoms with Crippen molar-refractivity contribution in [2.45, 2.75) is 20.0 Å². The van der Waals surface area contributed by atoms with Gasteiger partial charge in [-0.1, -0.05) is 30.3 Å². The number of carbonyl (C=O) groups is 2. The molecule has 6 heteroatoms. The van der Waals surface area contributed by atoms with E-state index in [1.54, 1.807) is 42.5 Å². The molecule has 5 rings (SSSR count). The van der Waals surface area contributed by atoms with Crippen molar-refractivity contribution in [3.05, 3.63) is 114 Å². The van der Waals surface area contributed by atoms with Gasteiger partial charge in [-0.2, -0.15) is 0 Å². The van der Waals surface area contributed by atoms with E-state index in [0.29, 0.717) is 35.7 Å². The van der Waals surface area contributed by atoms with Crippen LogP contribution in [0.25, 0.3) is 0 Å². The van der Waals surface area contributed by atoms with Gasteiger partial charge in [0.1, 0.15) is 5.75 Å². The van der Waals surface area contributed by atoms with E-state index < -0.39 is 0 Å². The third-order valence-electron chi connectivity index (χ3n) is 5.93. The Hall–Kier alpha value is -4.32. The number of ether oxygens (including phenoxy) is 1. The summed E-state index contributed by atoms with van der Waals surface area (Å²) in [6, 6.07) is 26.2. The topological polar surface area (TPSA) is 63.6 Å². The fraction of sp³-hybridized carbons (Fsp3) is 0.143. The van der Waals surface area contributed by atoms with E-state index >= 15 is 0 Å². The molecule has 34 heavy (non-hydrogen) atoms. The molecular weight excluding hydrogens is 426 g/mol. The standard InChI is InChI=1S/C28H25N3O3/c1-2-34-26-12-6-4-10-24(26)27(32)29-22-15-13-20(14-16-22)28(33)31-19-23-9-7-17-30(23)18-21-8-3-5-11-25(21)31/h3-17H,2,18-19H2,1H3,(H,29,32). The summed E-state index contributed by atoms with van der Waals surface area (Å²) < 4.78 is 7.73. The lowest BCUT2D eigenvalue weighted by Gasteiger charge is -2.23. The van der Waals surface area contributed by atoms with E-state index in [9.17, 15) is 9.59 Å². The summed E-state index contributed by atoms with van der Waals surface area (Å²) in [5.74, 6) is 0.200. The Morgan fingerprint density at radius 1 is 0.882 bits per heavy atom. The lowest BCUT2D eigenvalue weighted by Crippen LogP contribution is -2.30. The van der Waals surface area contributed by atoms with Gasteiger partial charge in [0.15, 0.2) is 0 Å². The highest BCUT2D eigenvalue weighted by Crippen LogP contribution is 2.29. The molecule has 0 unspecified atom stereocenters. The van der Waals surface area contributed by atoms with Gasteiger partial charge in [-0.05, 0) is 67.1 Å². The first-order valence-corrected chi connectivity index (χ1v) is 11.3. The van der Waals surface area contributed by atoms with Crippen molar-refractivity contribution in [3.63, 3.8) is 0 Å². The van der Waals surface area contributed by atoms with E-state index in [1.807, 2.05) is 54.4 Å². The Morgan fingerprint density at radius 2 is 1.65 bits per heavy atom. The fourth-order valence-electron chi connectivity index (χ4n) is 4.25. The van der Waals surface area contributed by atoms with Crippen LogP contribution in [0, 0.1) is 0 Å². The zero-order chi connectivity index (χ0) is 23.5. The SMILES string of the molecule is CCOc1ccccc1C(=O)Nc1ccc(C(=O)N2Cc3cccn3Cc3ccccc32)cc1. The van der Waals surface area contributed by atoms with Gasteiger partial charge < -0.3 is 19.5 Å². The number of nitrogens with one attached hydrogen (secondary N) is 1. The highest BCUT2D eigenvalue weighted by atomic mass is 16.5. The predicted molar refractivity (Wildman–Crippen MR) is 132 cm³/mol. The summed E-state index contributed by atoms with van der Waals surface area (Å²) in [5, 5.41) is 2.89. The number of anilines is 2. The maximum Gasteiger partial charge on any atom is 0.259 e. The number of carbonyl (C=O) groups excluding carboxylic acids is 2. The molecule has 0 atom stereocenters. The van der Waals surface area contributed by atoms with Crippen LogP contribution in [-0.2, 0) is 13.1 Å². The Morgan fingerprint density at radius 3 is 2.47 bits per heavy atom. The van der Waals surface area contributed by atoms with Crippen LogP contribution in [-0.4, -0.2) is 23.0 Å². The molecule has 170 valence electrons. The number of hydrogen-bond acceptors (Lipinski definition) is 3. The number of amides is 2. The summed E-state index contributed by atoms with van der Waals surface area (Å²) in [4.78, 5) is 28.1.